The lowest BCUT2D eigenvalue weighted by atomic mass is 10.1. The number of sulfone groups is 1. The standard InChI is InChI=1S/C13H19N3O3S/c14-11-3-1-2-10-4-6-16(13(10)11)7-9-20(18,19)8-5-12(15)17/h1-3H,4-9,14H2,(H2,15,17). The van der Waals surface area contributed by atoms with Crippen LogP contribution in [0.5, 0.6) is 0 Å². The number of nitrogens with two attached hydrogens (primary N) is 2. The smallest absolute Gasteiger partial charge is 0.218 e. The van der Waals surface area contributed by atoms with Crippen molar-refractivity contribution in [1.82, 2.24) is 0 Å². The van der Waals surface area contributed by atoms with E-state index in [1.54, 1.807) is 0 Å². The molecule has 1 amide bonds. The second-order valence-electron chi connectivity index (χ2n) is 4.96. The van der Waals surface area contributed by atoms with E-state index < -0.39 is 15.7 Å². The number of nitrogens with zero attached hydrogens (tertiary/aromatic N) is 1. The number of nitrogen functional groups attached to an aromatic ring is 1. The van der Waals surface area contributed by atoms with Crippen LogP contribution in [0.25, 0.3) is 0 Å². The highest BCUT2D eigenvalue weighted by molar-refractivity contribution is 7.91. The Labute approximate surface area is 118 Å². The summed E-state index contributed by atoms with van der Waals surface area (Å²) in [6, 6.07) is 5.73. The van der Waals surface area contributed by atoms with E-state index in [1.807, 2.05) is 23.1 Å². The number of amides is 1. The van der Waals surface area contributed by atoms with Gasteiger partial charge in [-0.3, -0.25) is 4.79 Å². The van der Waals surface area contributed by atoms with Gasteiger partial charge in [-0.25, -0.2) is 8.42 Å². The van der Waals surface area contributed by atoms with E-state index in [4.69, 9.17) is 11.5 Å². The first-order chi connectivity index (χ1) is 9.39. The van der Waals surface area contributed by atoms with Gasteiger partial charge in [-0.1, -0.05) is 12.1 Å². The Morgan fingerprint density at radius 1 is 1.30 bits per heavy atom. The first-order valence-electron chi connectivity index (χ1n) is 6.50. The van der Waals surface area contributed by atoms with Crippen molar-refractivity contribution in [1.29, 1.82) is 0 Å². The maximum Gasteiger partial charge on any atom is 0.218 e. The van der Waals surface area contributed by atoms with Gasteiger partial charge in [0.15, 0.2) is 9.84 Å². The molecule has 0 unspecified atom stereocenters. The molecule has 1 aliphatic rings. The normalized spacial score (nSPS) is 14.3. The molecule has 0 spiro atoms. The molecule has 1 aromatic carbocycles. The third-order valence-corrected chi connectivity index (χ3v) is 5.08. The third-order valence-electron chi connectivity index (χ3n) is 3.45. The van der Waals surface area contributed by atoms with E-state index in [0.29, 0.717) is 12.2 Å². The Bertz CT molecular complexity index is 613. The predicted octanol–water partition coefficient (Wildman–Crippen LogP) is -0.0785. The number of para-hydroxylation sites is 1. The summed E-state index contributed by atoms with van der Waals surface area (Å²) in [4.78, 5) is 12.6. The highest BCUT2D eigenvalue weighted by atomic mass is 32.2. The molecular formula is C13H19N3O3S. The van der Waals surface area contributed by atoms with E-state index >= 15 is 0 Å². The zero-order chi connectivity index (χ0) is 14.8. The number of rotatable bonds is 6. The number of primary amides is 1. The molecule has 0 aromatic heterocycles. The topological polar surface area (TPSA) is 106 Å². The van der Waals surface area contributed by atoms with Crippen LogP contribution >= 0.6 is 0 Å². The fourth-order valence-electron chi connectivity index (χ4n) is 2.40. The molecule has 0 atom stereocenters. The van der Waals surface area contributed by atoms with Gasteiger partial charge in [-0.05, 0) is 18.1 Å². The van der Waals surface area contributed by atoms with Gasteiger partial charge in [0.1, 0.15) is 0 Å². The highest BCUT2D eigenvalue weighted by Crippen LogP contribution is 2.33. The summed E-state index contributed by atoms with van der Waals surface area (Å²) < 4.78 is 23.6. The van der Waals surface area contributed by atoms with Crippen molar-refractivity contribution in [3.8, 4) is 0 Å². The number of fused-ring (bicyclic) bond motifs is 1. The first-order valence-corrected chi connectivity index (χ1v) is 8.32. The average Bonchev–Trinajstić information content (AvgIpc) is 2.79. The Morgan fingerprint density at radius 2 is 2.05 bits per heavy atom. The molecule has 0 saturated heterocycles. The van der Waals surface area contributed by atoms with Crippen LogP contribution in [0.15, 0.2) is 18.2 Å². The molecule has 1 aliphatic heterocycles. The highest BCUT2D eigenvalue weighted by Gasteiger charge is 2.23. The van der Waals surface area contributed by atoms with Crippen molar-refractivity contribution in [3.05, 3.63) is 23.8 Å². The zero-order valence-corrected chi connectivity index (χ0v) is 12.0. The maximum atomic E-state index is 11.8. The molecule has 2 rings (SSSR count). The number of anilines is 2. The van der Waals surface area contributed by atoms with E-state index in [1.165, 1.54) is 0 Å². The number of carbonyl (C=O) groups is 1. The maximum absolute atomic E-state index is 11.8. The van der Waals surface area contributed by atoms with Gasteiger partial charge in [0.05, 0.1) is 22.9 Å². The summed E-state index contributed by atoms with van der Waals surface area (Å²) in [5, 5.41) is 0. The number of hydrogen-bond acceptors (Lipinski definition) is 5. The molecule has 0 saturated carbocycles. The van der Waals surface area contributed by atoms with Crippen LogP contribution in [0.3, 0.4) is 0 Å². The van der Waals surface area contributed by atoms with Crippen LogP contribution in [0.4, 0.5) is 11.4 Å². The monoisotopic (exact) mass is 297 g/mol. The Hall–Kier alpha value is -1.76. The third kappa shape index (κ3) is 3.41. The Kier molecular flexibility index (Phi) is 4.17. The summed E-state index contributed by atoms with van der Waals surface area (Å²) in [6.45, 7) is 1.16. The lowest BCUT2D eigenvalue weighted by Crippen LogP contribution is -2.30. The van der Waals surface area contributed by atoms with Crippen LogP contribution in [-0.4, -0.2) is 38.9 Å². The van der Waals surface area contributed by atoms with Gasteiger partial charge in [-0.15, -0.1) is 0 Å². The minimum absolute atomic E-state index is 0.00799. The van der Waals surface area contributed by atoms with Crippen LogP contribution in [-0.2, 0) is 21.1 Å². The molecule has 1 heterocycles. The molecule has 6 nitrogen and oxygen atoms in total. The fraction of sp³-hybridized carbons (Fsp3) is 0.462. The number of carbonyl (C=O) groups excluding carboxylic acids is 1. The molecule has 0 radical (unpaired) electrons. The lowest BCUT2D eigenvalue weighted by Gasteiger charge is -2.20. The number of hydrogen-bond donors (Lipinski definition) is 2. The van der Waals surface area contributed by atoms with Gasteiger partial charge < -0.3 is 16.4 Å². The minimum Gasteiger partial charge on any atom is -0.397 e. The second kappa shape index (κ2) is 5.70. The summed E-state index contributed by atoms with van der Waals surface area (Å²) >= 11 is 0. The summed E-state index contributed by atoms with van der Waals surface area (Å²) in [5.41, 5.74) is 13.7. The van der Waals surface area contributed by atoms with Crippen molar-refractivity contribution >= 4 is 27.1 Å². The summed E-state index contributed by atoms with van der Waals surface area (Å²) in [6.07, 6.45) is 0.753. The van der Waals surface area contributed by atoms with Crippen LogP contribution in [0, 0.1) is 0 Å². The average molecular weight is 297 g/mol. The van der Waals surface area contributed by atoms with Gasteiger partial charge >= 0.3 is 0 Å². The number of benzene rings is 1. The zero-order valence-electron chi connectivity index (χ0n) is 11.2. The molecule has 0 bridgehead atoms. The quantitative estimate of drug-likeness (QED) is 0.714. The van der Waals surface area contributed by atoms with Gasteiger partial charge in [-0.2, -0.15) is 0 Å². The van der Waals surface area contributed by atoms with Crippen molar-refractivity contribution in [2.45, 2.75) is 12.8 Å². The second-order valence-corrected chi connectivity index (χ2v) is 7.26. The Balaban J connectivity index is 1.99. The van der Waals surface area contributed by atoms with Crippen molar-refractivity contribution < 1.29 is 13.2 Å². The van der Waals surface area contributed by atoms with Crippen molar-refractivity contribution in [2.24, 2.45) is 5.73 Å². The van der Waals surface area contributed by atoms with E-state index in [0.717, 1.165) is 24.2 Å². The SMILES string of the molecule is NC(=O)CCS(=O)(=O)CCN1CCc2cccc(N)c21. The molecule has 7 heteroatoms. The molecule has 0 aliphatic carbocycles. The molecule has 0 fully saturated rings. The van der Waals surface area contributed by atoms with Crippen molar-refractivity contribution in [3.63, 3.8) is 0 Å². The van der Waals surface area contributed by atoms with Gasteiger partial charge in [0.25, 0.3) is 0 Å². The van der Waals surface area contributed by atoms with Crippen LogP contribution in [0.1, 0.15) is 12.0 Å². The van der Waals surface area contributed by atoms with Crippen LogP contribution in [0.2, 0.25) is 0 Å². The van der Waals surface area contributed by atoms with E-state index in [2.05, 4.69) is 0 Å². The molecule has 4 N–H and O–H groups in total. The predicted molar refractivity (Wildman–Crippen MR) is 79.2 cm³/mol. The van der Waals surface area contributed by atoms with E-state index in [9.17, 15) is 13.2 Å². The summed E-state index contributed by atoms with van der Waals surface area (Å²) in [5.74, 6) is -0.772. The van der Waals surface area contributed by atoms with Gasteiger partial charge in [0, 0.05) is 19.5 Å². The molecule has 110 valence electrons. The molecular weight excluding hydrogens is 278 g/mol. The molecule has 1 aromatic rings. The lowest BCUT2D eigenvalue weighted by molar-refractivity contribution is -0.117. The largest absolute Gasteiger partial charge is 0.397 e. The fourth-order valence-corrected chi connectivity index (χ4v) is 3.61. The Morgan fingerprint density at radius 3 is 2.75 bits per heavy atom. The van der Waals surface area contributed by atoms with Crippen LogP contribution < -0.4 is 16.4 Å². The first kappa shape index (κ1) is 14.6. The van der Waals surface area contributed by atoms with Gasteiger partial charge in [0.2, 0.25) is 5.91 Å². The molecule has 20 heavy (non-hydrogen) atoms. The minimum atomic E-state index is -3.26. The van der Waals surface area contributed by atoms with Crippen molar-refractivity contribution in [2.75, 3.05) is 35.2 Å². The van der Waals surface area contributed by atoms with E-state index in [-0.39, 0.29) is 17.9 Å². The summed E-state index contributed by atoms with van der Waals surface area (Å²) in [7, 11) is -3.26.